The predicted octanol–water partition coefficient (Wildman–Crippen LogP) is 4.27. The van der Waals surface area contributed by atoms with Crippen LogP contribution < -0.4 is 5.43 Å². The molecule has 0 radical (unpaired) electrons. The summed E-state index contributed by atoms with van der Waals surface area (Å²) >= 11 is 0. The van der Waals surface area contributed by atoms with E-state index in [2.05, 4.69) is 6.58 Å². The number of benzene rings is 2. The molecule has 0 bridgehead atoms. The first-order chi connectivity index (χ1) is 15.0. The van der Waals surface area contributed by atoms with Crippen LogP contribution in [0.25, 0.3) is 22.1 Å². The van der Waals surface area contributed by atoms with Crippen LogP contribution in [0, 0.1) is 0 Å². The van der Waals surface area contributed by atoms with Crippen molar-refractivity contribution in [1.82, 2.24) is 0 Å². The minimum Gasteiger partial charge on any atom is -0.507 e. The van der Waals surface area contributed by atoms with Gasteiger partial charge in [-0.15, -0.1) is 0 Å². The van der Waals surface area contributed by atoms with E-state index in [0.717, 1.165) is 11.8 Å². The molecular weight excluding hydrogens is 412 g/mol. The number of phenols is 4. The molecular formula is C25H26O7. The van der Waals surface area contributed by atoms with Crippen molar-refractivity contribution in [2.45, 2.75) is 39.7 Å². The molecule has 0 fully saturated rings. The Balaban J connectivity index is 2.36. The zero-order valence-corrected chi connectivity index (χ0v) is 18.1. The number of hydrogen-bond acceptors (Lipinski definition) is 7. The first-order valence-corrected chi connectivity index (χ1v) is 10.0. The average molecular weight is 438 g/mol. The fourth-order valence-electron chi connectivity index (χ4n) is 3.40. The van der Waals surface area contributed by atoms with E-state index < -0.39 is 23.0 Å². The molecule has 7 nitrogen and oxygen atoms in total. The van der Waals surface area contributed by atoms with Gasteiger partial charge in [-0.05, 0) is 44.9 Å². The molecule has 3 rings (SSSR count). The van der Waals surface area contributed by atoms with Crippen molar-refractivity contribution in [3.8, 4) is 34.1 Å². The van der Waals surface area contributed by atoms with Crippen LogP contribution in [-0.4, -0.2) is 31.6 Å². The molecule has 0 saturated heterocycles. The zero-order valence-electron chi connectivity index (χ0n) is 18.1. The van der Waals surface area contributed by atoms with E-state index in [1.807, 2.05) is 13.8 Å². The molecule has 0 aliphatic rings. The Labute approximate surface area is 184 Å². The molecule has 3 aromatic rings. The molecule has 1 aromatic heterocycles. The SMILES string of the molecule is C=C(C)[C@H](O)Cc1c(O)c(CC=C(C)C)c(O)c2c(=O)c(-c3ccc(O)c(O)c3)coc12. The summed E-state index contributed by atoms with van der Waals surface area (Å²) < 4.78 is 5.68. The number of aromatic hydroxyl groups is 4. The molecule has 168 valence electrons. The van der Waals surface area contributed by atoms with Crippen molar-refractivity contribution >= 4 is 11.0 Å². The Morgan fingerprint density at radius 3 is 2.34 bits per heavy atom. The van der Waals surface area contributed by atoms with E-state index in [1.165, 1.54) is 18.2 Å². The van der Waals surface area contributed by atoms with Crippen LogP contribution in [-0.2, 0) is 12.8 Å². The Hall–Kier alpha value is -3.71. The molecule has 1 heterocycles. The topological polar surface area (TPSA) is 131 Å². The standard InChI is InChI=1S/C25H26O7/c1-12(2)5-7-15-22(29)16(10-19(27)13(3)4)25-21(23(15)30)24(31)17(11-32-25)14-6-8-18(26)20(28)9-14/h5-6,8-9,11,19,26-30H,3,7,10H2,1-2,4H3/t19-/m1/s1. The van der Waals surface area contributed by atoms with Gasteiger partial charge in [-0.1, -0.05) is 29.9 Å². The predicted molar refractivity (Wildman–Crippen MR) is 122 cm³/mol. The quantitative estimate of drug-likeness (QED) is 0.287. The molecule has 2 aromatic carbocycles. The number of hydrogen-bond donors (Lipinski definition) is 5. The van der Waals surface area contributed by atoms with Gasteiger partial charge in [-0.2, -0.15) is 0 Å². The third kappa shape index (κ3) is 4.20. The van der Waals surface area contributed by atoms with E-state index >= 15 is 0 Å². The van der Waals surface area contributed by atoms with Crippen LogP contribution in [0.4, 0.5) is 0 Å². The van der Waals surface area contributed by atoms with Crippen molar-refractivity contribution in [2.75, 3.05) is 0 Å². The van der Waals surface area contributed by atoms with Gasteiger partial charge in [-0.3, -0.25) is 4.79 Å². The second-order valence-corrected chi connectivity index (χ2v) is 8.09. The van der Waals surface area contributed by atoms with E-state index in [9.17, 15) is 30.3 Å². The maximum atomic E-state index is 13.4. The Kier molecular flexibility index (Phi) is 6.32. The van der Waals surface area contributed by atoms with E-state index in [4.69, 9.17) is 4.42 Å². The third-order valence-corrected chi connectivity index (χ3v) is 5.33. The number of allylic oxidation sites excluding steroid dienone is 2. The maximum absolute atomic E-state index is 13.4. The lowest BCUT2D eigenvalue weighted by molar-refractivity contribution is 0.210. The normalized spacial score (nSPS) is 12.0. The van der Waals surface area contributed by atoms with Crippen LogP contribution in [0.5, 0.6) is 23.0 Å². The first kappa shape index (κ1) is 23.0. The number of fused-ring (bicyclic) bond motifs is 1. The minimum atomic E-state index is -0.996. The first-order valence-electron chi connectivity index (χ1n) is 10.0. The van der Waals surface area contributed by atoms with Crippen LogP contribution >= 0.6 is 0 Å². The van der Waals surface area contributed by atoms with Gasteiger partial charge >= 0.3 is 0 Å². The second kappa shape index (κ2) is 8.80. The van der Waals surface area contributed by atoms with Crippen LogP contribution in [0.3, 0.4) is 0 Å². The second-order valence-electron chi connectivity index (χ2n) is 8.09. The molecule has 0 aliphatic heterocycles. The Bertz CT molecular complexity index is 1290. The fraction of sp³-hybridized carbons (Fsp3) is 0.240. The van der Waals surface area contributed by atoms with Gasteiger partial charge in [0.2, 0.25) is 5.43 Å². The van der Waals surface area contributed by atoms with Crippen molar-refractivity contribution < 1.29 is 29.9 Å². The molecule has 32 heavy (non-hydrogen) atoms. The lowest BCUT2D eigenvalue weighted by Gasteiger charge is -2.17. The Morgan fingerprint density at radius 2 is 1.75 bits per heavy atom. The lowest BCUT2D eigenvalue weighted by atomic mass is 9.93. The summed E-state index contributed by atoms with van der Waals surface area (Å²) in [4.78, 5) is 13.4. The molecule has 0 amide bonds. The molecule has 1 atom stereocenters. The van der Waals surface area contributed by atoms with Gasteiger partial charge in [0.1, 0.15) is 28.7 Å². The summed E-state index contributed by atoms with van der Waals surface area (Å²) in [6, 6.07) is 3.88. The molecule has 5 N–H and O–H groups in total. The van der Waals surface area contributed by atoms with Gasteiger partial charge in [0.05, 0.1) is 11.7 Å². The number of rotatable bonds is 6. The lowest BCUT2D eigenvalue weighted by Crippen LogP contribution is -2.14. The fourth-order valence-corrected chi connectivity index (χ4v) is 3.40. The highest BCUT2D eigenvalue weighted by atomic mass is 16.3. The van der Waals surface area contributed by atoms with Crippen LogP contribution in [0.2, 0.25) is 0 Å². The third-order valence-electron chi connectivity index (χ3n) is 5.33. The van der Waals surface area contributed by atoms with Gasteiger partial charge in [0.15, 0.2) is 11.5 Å². The van der Waals surface area contributed by atoms with E-state index in [1.54, 1.807) is 13.0 Å². The van der Waals surface area contributed by atoms with Crippen molar-refractivity contribution in [3.05, 3.63) is 69.6 Å². The van der Waals surface area contributed by atoms with Gasteiger partial charge in [0.25, 0.3) is 0 Å². The van der Waals surface area contributed by atoms with E-state index in [-0.39, 0.29) is 57.6 Å². The van der Waals surface area contributed by atoms with E-state index in [0.29, 0.717) is 5.57 Å². The summed E-state index contributed by atoms with van der Waals surface area (Å²) in [6.07, 6.45) is 2.05. The summed E-state index contributed by atoms with van der Waals surface area (Å²) in [6.45, 7) is 9.09. The average Bonchev–Trinajstić information content (AvgIpc) is 2.72. The van der Waals surface area contributed by atoms with Crippen molar-refractivity contribution in [2.24, 2.45) is 0 Å². The van der Waals surface area contributed by atoms with Crippen LogP contribution in [0.15, 0.2) is 57.5 Å². The summed E-state index contributed by atoms with van der Waals surface area (Å²) in [7, 11) is 0. The summed E-state index contributed by atoms with van der Waals surface area (Å²) in [5.74, 6) is -1.42. The smallest absolute Gasteiger partial charge is 0.204 e. The highest BCUT2D eigenvalue weighted by Gasteiger charge is 2.25. The molecule has 0 spiro atoms. The highest BCUT2D eigenvalue weighted by Crippen LogP contribution is 2.41. The van der Waals surface area contributed by atoms with Crippen LogP contribution in [0.1, 0.15) is 31.9 Å². The van der Waals surface area contributed by atoms with Gasteiger partial charge < -0.3 is 29.9 Å². The molecule has 0 unspecified atom stereocenters. The monoisotopic (exact) mass is 438 g/mol. The largest absolute Gasteiger partial charge is 0.507 e. The summed E-state index contributed by atoms with van der Waals surface area (Å²) in [5, 5.41) is 51.4. The van der Waals surface area contributed by atoms with Crippen molar-refractivity contribution in [1.29, 1.82) is 0 Å². The number of aliphatic hydroxyl groups excluding tert-OH is 1. The Morgan fingerprint density at radius 1 is 1.06 bits per heavy atom. The zero-order chi connectivity index (χ0) is 23.7. The minimum absolute atomic E-state index is 0.0435. The molecule has 0 saturated carbocycles. The summed E-state index contributed by atoms with van der Waals surface area (Å²) in [5.41, 5.74) is 1.44. The number of aliphatic hydroxyl groups is 1. The highest BCUT2D eigenvalue weighted by molar-refractivity contribution is 5.92. The van der Waals surface area contributed by atoms with Gasteiger partial charge in [0, 0.05) is 17.5 Å². The van der Waals surface area contributed by atoms with Gasteiger partial charge in [-0.25, -0.2) is 0 Å². The maximum Gasteiger partial charge on any atom is 0.204 e. The molecule has 0 aliphatic carbocycles. The number of phenolic OH excluding ortho intramolecular Hbond substituents is 4. The molecule has 7 heteroatoms. The van der Waals surface area contributed by atoms with Crippen molar-refractivity contribution in [3.63, 3.8) is 0 Å².